The van der Waals surface area contributed by atoms with Gasteiger partial charge in [-0.25, -0.2) is 5.43 Å². The lowest BCUT2D eigenvalue weighted by Gasteiger charge is -2.05. The molecule has 2 aromatic carbocycles. The van der Waals surface area contributed by atoms with E-state index in [1.807, 2.05) is 30.3 Å². The molecule has 0 heterocycles. The Morgan fingerprint density at radius 3 is 2.52 bits per heavy atom. The SMILES string of the molecule is O=C(CC(=O)N/N=C/c1ccc(Cl)cc1Cl)NCCc1ccccc1. The molecule has 2 N–H and O–H groups in total. The minimum atomic E-state index is -0.501. The number of carbonyl (C=O) groups excluding carboxylic acids is 2. The Kier molecular flexibility index (Phi) is 7.44. The maximum atomic E-state index is 11.7. The first-order valence-corrected chi connectivity index (χ1v) is 8.38. The molecule has 2 aromatic rings. The Balaban J connectivity index is 1.70. The van der Waals surface area contributed by atoms with Gasteiger partial charge in [-0.2, -0.15) is 5.10 Å². The van der Waals surface area contributed by atoms with Crippen LogP contribution in [0.3, 0.4) is 0 Å². The molecule has 0 fully saturated rings. The summed E-state index contributed by atoms with van der Waals surface area (Å²) in [5, 5.41) is 7.41. The van der Waals surface area contributed by atoms with Gasteiger partial charge in [0.2, 0.25) is 11.8 Å². The van der Waals surface area contributed by atoms with E-state index in [2.05, 4.69) is 15.8 Å². The molecule has 25 heavy (non-hydrogen) atoms. The van der Waals surface area contributed by atoms with Crippen LogP contribution < -0.4 is 10.7 Å². The summed E-state index contributed by atoms with van der Waals surface area (Å²) < 4.78 is 0. The van der Waals surface area contributed by atoms with Gasteiger partial charge in [-0.3, -0.25) is 9.59 Å². The highest BCUT2D eigenvalue weighted by Crippen LogP contribution is 2.19. The highest BCUT2D eigenvalue weighted by molar-refractivity contribution is 6.36. The van der Waals surface area contributed by atoms with Crippen molar-refractivity contribution in [2.75, 3.05) is 6.54 Å². The van der Waals surface area contributed by atoms with Crippen LogP contribution in [0.5, 0.6) is 0 Å². The van der Waals surface area contributed by atoms with Gasteiger partial charge in [0, 0.05) is 17.1 Å². The number of carbonyl (C=O) groups is 2. The molecule has 0 bridgehead atoms. The molecule has 0 unspecified atom stereocenters. The monoisotopic (exact) mass is 377 g/mol. The van der Waals surface area contributed by atoms with E-state index in [0.29, 0.717) is 28.6 Å². The average Bonchev–Trinajstić information content (AvgIpc) is 2.58. The number of nitrogens with one attached hydrogen (secondary N) is 2. The van der Waals surface area contributed by atoms with Gasteiger partial charge in [-0.05, 0) is 24.1 Å². The van der Waals surface area contributed by atoms with Gasteiger partial charge in [0.05, 0.1) is 11.2 Å². The van der Waals surface area contributed by atoms with Crippen LogP contribution in [-0.4, -0.2) is 24.6 Å². The van der Waals surface area contributed by atoms with Crippen molar-refractivity contribution in [2.24, 2.45) is 5.10 Å². The number of hydrogen-bond donors (Lipinski definition) is 2. The van der Waals surface area contributed by atoms with Crippen LogP contribution in [0.2, 0.25) is 10.0 Å². The molecule has 2 rings (SSSR count). The lowest BCUT2D eigenvalue weighted by Crippen LogP contribution is -2.31. The quantitative estimate of drug-likeness (QED) is 0.441. The van der Waals surface area contributed by atoms with Gasteiger partial charge >= 0.3 is 0 Å². The zero-order valence-corrected chi connectivity index (χ0v) is 14.8. The van der Waals surface area contributed by atoms with Crippen LogP contribution in [0.15, 0.2) is 53.6 Å². The highest BCUT2D eigenvalue weighted by Gasteiger charge is 2.08. The highest BCUT2D eigenvalue weighted by atomic mass is 35.5. The lowest BCUT2D eigenvalue weighted by molar-refractivity contribution is -0.129. The van der Waals surface area contributed by atoms with Crippen LogP contribution >= 0.6 is 23.2 Å². The van der Waals surface area contributed by atoms with Crippen molar-refractivity contribution < 1.29 is 9.59 Å². The van der Waals surface area contributed by atoms with Gasteiger partial charge in [0.25, 0.3) is 0 Å². The zero-order valence-electron chi connectivity index (χ0n) is 13.3. The van der Waals surface area contributed by atoms with Crippen molar-refractivity contribution in [1.82, 2.24) is 10.7 Å². The molecule has 0 saturated carbocycles. The predicted molar refractivity (Wildman–Crippen MR) is 100.0 cm³/mol. The smallest absolute Gasteiger partial charge is 0.249 e. The first kappa shape index (κ1) is 19.0. The summed E-state index contributed by atoms with van der Waals surface area (Å²) in [6, 6.07) is 14.7. The Morgan fingerprint density at radius 2 is 1.80 bits per heavy atom. The molecule has 0 radical (unpaired) electrons. The number of halogens is 2. The summed E-state index contributed by atoms with van der Waals surface area (Å²) in [5.41, 5.74) is 4.02. The molecule has 0 aromatic heterocycles. The summed E-state index contributed by atoms with van der Waals surface area (Å²) in [4.78, 5) is 23.4. The maximum Gasteiger partial charge on any atom is 0.249 e. The molecule has 0 aliphatic rings. The van der Waals surface area contributed by atoms with Gasteiger partial charge in [-0.1, -0.05) is 59.6 Å². The maximum absolute atomic E-state index is 11.7. The van der Waals surface area contributed by atoms with E-state index < -0.39 is 5.91 Å². The normalized spacial score (nSPS) is 10.6. The third kappa shape index (κ3) is 6.95. The minimum absolute atomic E-state index is 0.291. The standard InChI is InChI=1S/C18H17Cl2N3O2/c19-15-7-6-14(16(20)10-15)12-22-23-18(25)11-17(24)21-9-8-13-4-2-1-3-5-13/h1-7,10,12H,8-9,11H2,(H,21,24)(H,23,25)/b22-12+. The van der Waals surface area contributed by atoms with E-state index in [0.717, 1.165) is 5.56 Å². The number of rotatable bonds is 7. The van der Waals surface area contributed by atoms with Gasteiger partial charge in [-0.15, -0.1) is 0 Å². The van der Waals surface area contributed by atoms with Crippen LogP contribution in [0.1, 0.15) is 17.5 Å². The van der Waals surface area contributed by atoms with E-state index in [1.54, 1.807) is 18.2 Å². The second kappa shape index (κ2) is 9.81. The fourth-order valence-corrected chi connectivity index (χ4v) is 2.48. The fourth-order valence-electron chi connectivity index (χ4n) is 2.02. The third-order valence-corrected chi connectivity index (χ3v) is 3.82. The number of amides is 2. The zero-order chi connectivity index (χ0) is 18.1. The van der Waals surface area contributed by atoms with Gasteiger partial charge < -0.3 is 5.32 Å². The second-order valence-corrected chi connectivity index (χ2v) is 6.06. The predicted octanol–water partition coefficient (Wildman–Crippen LogP) is 3.19. The number of benzene rings is 2. The summed E-state index contributed by atoms with van der Waals surface area (Å²) in [7, 11) is 0. The molecule has 0 atom stereocenters. The Hall–Kier alpha value is -2.37. The summed E-state index contributed by atoms with van der Waals surface area (Å²) in [5.74, 6) is -0.855. The molecule has 0 spiro atoms. The topological polar surface area (TPSA) is 70.6 Å². The first-order chi connectivity index (χ1) is 12.0. The molecule has 0 aliphatic heterocycles. The number of hydrogen-bond acceptors (Lipinski definition) is 3. The molecule has 2 amide bonds. The van der Waals surface area contributed by atoms with Gasteiger partial charge in [0.15, 0.2) is 0 Å². The van der Waals surface area contributed by atoms with E-state index in [1.165, 1.54) is 6.21 Å². The van der Waals surface area contributed by atoms with Crippen molar-refractivity contribution in [3.05, 3.63) is 69.7 Å². The summed E-state index contributed by atoms with van der Waals surface area (Å²) in [6.45, 7) is 0.472. The van der Waals surface area contributed by atoms with E-state index in [-0.39, 0.29) is 12.3 Å². The molecular weight excluding hydrogens is 361 g/mol. The first-order valence-electron chi connectivity index (χ1n) is 7.62. The molecule has 130 valence electrons. The average molecular weight is 378 g/mol. The Morgan fingerprint density at radius 1 is 1.04 bits per heavy atom. The van der Waals surface area contributed by atoms with Gasteiger partial charge in [0.1, 0.15) is 6.42 Å². The summed E-state index contributed by atoms with van der Waals surface area (Å²) in [6.07, 6.45) is 1.81. The van der Waals surface area contributed by atoms with E-state index in [9.17, 15) is 9.59 Å². The van der Waals surface area contributed by atoms with Crippen LogP contribution in [0.4, 0.5) is 0 Å². The fraction of sp³-hybridized carbons (Fsp3) is 0.167. The van der Waals surface area contributed by atoms with Crippen molar-refractivity contribution in [2.45, 2.75) is 12.8 Å². The molecule has 5 nitrogen and oxygen atoms in total. The second-order valence-electron chi connectivity index (χ2n) is 5.22. The van der Waals surface area contributed by atoms with Crippen molar-refractivity contribution in [3.63, 3.8) is 0 Å². The van der Waals surface area contributed by atoms with Crippen LogP contribution in [0.25, 0.3) is 0 Å². The molecule has 0 saturated heterocycles. The number of nitrogens with zero attached hydrogens (tertiary/aromatic N) is 1. The van der Waals surface area contributed by atoms with E-state index in [4.69, 9.17) is 23.2 Å². The Labute approximate surface area is 156 Å². The van der Waals surface area contributed by atoms with Crippen molar-refractivity contribution in [1.29, 1.82) is 0 Å². The summed E-state index contributed by atoms with van der Waals surface area (Å²) >= 11 is 11.8. The third-order valence-electron chi connectivity index (χ3n) is 3.26. The number of hydrazone groups is 1. The van der Waals surface area contributed by atoms with E-state index >= 15 is 0 Å². The minimum Gasteiger partial charge on any atom is -0.355 e. The molecule has 0 aliphatic carbocycles. The van der Waals surface area contributed by atoms with Crippen LogP contribution in [-0.2, 0) is 16.0 Å². The van der Waals surface area contributed by atoms with Crippen LogP contribution in [0, 0.1) is 0 Å². The van der Waals surface area contributed by atoms with Crippen molar-refractivity contribution >= 4 is 41.2 Å². The molecular formula is C18H17Cl2N3O2. The molecule has 7 heteroatoms. The Bertz CT molecular complexity index is 764. The lowest BCUT2D eigenvalue weighted by atomic mass is 10.1. The van der Waals surface area contributed by atoms with Crippen molar-refractivity contribution in [3.8, 4) is 0 Å². The largest absolute Gasteiger partial charge is 0.355 e.